The van der Waals surface area contributed by atoms with E-state index in [4.69, 9.17) is 4.74 Å². The molecular formula is C20H32N4O3. The maximum absolute atomic E-state index is 12.7. The number of benzene rings is 1. The second kappa shape index (κ2) is 9.50. The predicted molar refractivity (Wildman–Crippen MR) is 106 cm³/mol. The van der Waals surface area contributed by atoms with Crippen molar-refractivity contribution in [2.45, 2.75) is 18.6 Å². The maximum atomic E-state index is 12.7. The number of likely N-dealkylation sites (tertiary alicyclic amines) is 1. The Morgan fingerprint density at radius 2 is 1.96 bits per heavy atom. The Kier molecular flexibility index (Phi) is 7.07. The van der Waals surface area contributed by atoms with Gasteiger partial charge >= 0.3 is 0 Å². The standard InChI is InChI=1S/C20H32N4O3/c1-22(2)17-5-3-4-16(14-17)20(26)21-18-15-24(7-6-19(18)25)9-8-23-10-12-27-13-11-23/h3-5,14,18-19,25H,6-13,15H2,1-2H3,(H,21,26)/t18-,19-/m1/s1. The lowest BCUT2D eigenvalue weighted by Crippen LogP contribution is -2.56. The van der Waals surface area contributed by atoms with Crippen molar-refractivity contribution in [1.29, 1.82) is 0 Å². The molecule has 27 heavy (non-hydrogen) atoms. The zero-order valence-corrected chi connectivity index (χ0v) is 16.4. The van der Waals surface area contributed by atoms with Gasteiger partial charge in [0.05, 0.1) is 25.4 Å². The van der Waals surface area contributed by atoms with E-state index in [2.05, 4.69) is 15.1 Å². The number of aliphatic hydroxyl groups is 1. The van der Waals surface area contributed by atoms with Crippen LogP contribution in [0.15, 0.2) is 24.3 Å². The lowest BCUT2D eigenvalue weighted by Gasteiger charge is -2.38. The van der Waals surface area contributed by atoms with E-state index in [1.165, 1.54) is 0 Å². The first kappa shape index (κ1) is 20.1. The van der Waals surface area contributed by atoms with Crippen LogP contribution in [0.5, 0.6) is 0 Å². The van der Waals surface area contributed by atoms with E-state index >= 15 is 0 Å². The van der Waals surface area contributed by atoms with E-state index in [9.17, 15) is 9.90 Å². The van der Waals surface area contributed by atoms with E-state index in [1.807, 2.05) is 43.3 Å². The van der Waals surface area contributed by atoms with Gasteiger partial charge in [-0.2, -0.15) is 0 Å². The second-order valence-corrected chi connectivity index (χ2v) is 7.64. The number of hydrogen-bond acceptors (Lipinski definition) is 6. The molecule has 2 heterocycles. The summed E-state index contributed by atoms with van der Waals surface area (Å²) < 4.78 is 5.39. The van der Waals surface area contributed by atoms with Gasteiger partial charge < -0.3 is 20.1 Å². The molecule has 7 heteroatoms. The first-order valence-corrected chi connectivity index (χ1v) is 9.81. The highest BCUT2D eigenvalue weighted by atomic mass is 16.5. The fourth-order valence-electron chi connectivity index (χ4n) is 3.64. The number of carbonyl (C=O) groups is 1. The van der Waals surface area contributed by atoms with Crippen LogP contribution < -0.4 is 10.2 Å². The summed E-state index contributed by atoms with van der Waals surface area (Å²) in [7, 11) is 3.91. The molecular weight excluding hydrogens is 344 g/mol. The summed E-state index contributed by atoms with van der Waals surface area (Å²) in [6, 6.07) is 7.31. The molecule has 0 aromatic heterocycles. The van der Waals surface area contributed by atoms with Gasteiger partial charge in [-0.3, -0.25) is 14.6 Å². The molecule has 0 aliphatic carbocycles. The molecule has 0 saturated carbocycles. The quantitative estimate of drug-likeness (QED) is 0.742. The Hall–Kier alpha value is -1.67. The van der Waals surface area contributed by atoms with E-state index in [0.29, 0.717) is 18.5 Å². The molecule has 0 bridgehead atoms. The van der Waals surface area contributed by atoms with Crippen LogP contribution in [0.25, 0.3) is 0 Å². The van der Waals surface area contributed by atoms with Gasteiger partial charge in [0, 0.05) is 64.6 Å². The third kappa shape index (κ3) is 5.65. The number of anilines is 1. The summed E-state index contributed by atoms with van der Waals surface area (Å²) in [5.74, 6) is -0.127. The van der Waals surface area contributed by atoms with Crippen molar-refractivity contribution in [3.63, 3.8) is 0 Å². The maximum Gasteiger partial charge on any atom is 0.251 e. The zero-order valence-electron chi connectivity index (χ0n) is 16.4. The lowest BCUT2D eigenvalue weighted by atomic mass is 10.0. The summed E-state index contributed by atoms with van der Waals surface area (Å²) in [5.41, 5.74) is 1.61. The summed E-state index contributed by atoms with van der Waals surface area (Å²) in [6.45, 7) is 7.10. The van der Waals surface area contributed by atoms with Crippen LogP contribution in [0.1, 0.15) is 16.8 Å². The van der Waals surface area contributed by atoms with Crippen LogP contribution >= 0.6 is 0 Å². The first-order chi connectivity index (χ1) is 13.0. The summed E-state index contributed by atoms with van der Waals surface area (Å²) in [5, 5.41) is 13.4. The number of aliphatic hydroxyl groups excluding tert-OH is 1. The first-order valence-electron chi connectivity index (χ1n) is 9.81. The van der Waals surface area contributed by atoms with Gasteiger partial charge in [0.25, 0.3) is 5.91 Å². The average molecular weight is 377 g/mol. The van der Waals surface area contributed by atoms with Crippen LogP contribution in [0.4, 0.5) is 5.69 Å². The Bertz CT molecular complexity index is 619. The van der Waals surface area contributed by atoms with Crippen LogP contribution in [0.2, 0.25) is 0 Å². The number of morpholine rings is 1. The van der Waals surface area contributed by atoms with Gasteiger partial charge in [0.15, 0.2) is 0 Å². The zero-order chi connectivity index (χ0) is 19.2. The normalized spacial score (nSPS) is 24.6. The molecule has 1 amide bonds. The minimum Gasteiger partial charge on any atom is -0.391 e. The Balaban J connectivity index is 1.53. The number of nitrogens with zero attached hydrogens (tertiary/aromatic N) is 3. The van der Waals surface area contributed by atoms with Crippen LogP contribution in [-0.4, -0.2) is 99.5 Å². The molecule has 2 N–H and O–H groups in total. The Morgan fingerprint density at radius 1 is 1.22 bits per heavy atom. The van der Waals surface area contributed by atoms with Crippen molar-refractivity contribution < 1.29 is 14.6 Å². The molecule has 2 atom stereocenters. The molecule has 3 rings (SSSR count). The third-order valence-corrected chi connectivity index (χ3v) is 5.44. The molecule has 1 aromatic carbocycles. The van der Waals surface area contributed by atoms with E-state index in [1.54, 1.807) is 0 Å². The number of hydrogen-bond donors (Lipinski definition) is 2. The molecule has 0 spiro atoms. The van der Waals surface area contributed by atoms with E-state index in [-0.39, 0.29) is 11.9 Å². The minimum atomic E-state index is -0.495. The molecule has 2 aliphatic rings. The van der Waals surface area contributed by atoms with Gasteiger partial charge in [-0.1, -0.05) is 6.07 Å². The topological polar surface area (TPSA) is 68.3 Å². The summed E-state index contributed by atoms with van der Waals surface area (Å²) in [6.07, 6.45) is 0.192. The molecule has 2 aliphatic heterocycles. The SMILES string of the molecule is CN(C)c1cccc(C(=O)N[C@@H]2CN(CCN3CCOCC3)CC[C@H]2O)c1. The van der Waals surface area contributed by atoms with Crippen molar-refractivity contribution in [3.8, 4) is 0 Å². The van der Waals surface area contributed by atoms with Crippen molar-refractivity contribution >= 4 is 11.6 Å². The number of carbonyl (C=O) groups excluding carboxylic acids is 1. The van der Waals surface area contributed by atoms with Crippen LogP contribution in [0, 0.1) is 0 Å². The third-order valence-electron chi connectivity index (χ3n) is 5.44. The molecule has 150 valence electrons. The smallest absolute Gasteiger partial charge is 0.251 e. The monoisotopic (exact) mass is 376 g/mol. The predicted octanol–water partition coefficient (Wildman–Crippen LogP) is 0.250. The highest BCUT2D eigenvalue weighted by Crippen LogP contribution is 2.15. The fourth-order valence-corrected chi connectivity index (χ4v) is 3.64. The van der Waals surface area contributed by atoms with Crippen molar-refractivity contribution in [1.82, 2.24) is 15.1 Å². The highest BCUT2D eigenvalue weighted by molar-refractivity contribution is 5.95. The number of ether oxygens (including phenoxy) is 1. The Labute approximate surface area is 161 Å². The molecule has 2 fully saturated rings. The summed E-state index contributed by atoms with van der Waals surface area (Å²) >= 11 is 0. The van der Waals surface area contributed by atoms with Crippen molar-refractivity contribution in [2.24, 2.45) is 0 Å². The van der Waals surface area contributed by atoms with Crippen molar-refractivity contribution in [2.75, 3.05) is 71.5 Å². The number of piperidine rings is 1. The van der Waals surface area contributed by atoms with Crippen molar-refractivity contribution in [3.05, 3.63) is 29.8 Å². The molecule has 2 saturated heterocycles. The van der Waals surface area contributed by atoms with Crippen LogP contribution in [0.3, 0.4) is 0 Å². The molecule has 1 aromatic rings. The number of nitrogens with one attached hydrogen (secondary N) is 1. The Morgan fingerprint density at radius 3 is 2.70 bits per heavy atom. The van der Waals surface area contributed by atoms with Crippen LogP contribution in [-0.2, 0) is 4.74 Å². The van der Waals surface area contributed by atoms with E-state index < -0.39 is 6.10 Å². The second-order valence-electron chi connectivity index (χ2n) is 7.64. The average Bonchev–Trinajstić information content (AvgIpc) is 2.69. The summed E-state index contributed by atoms with van der Waals surface area (Å²) in [4.78, 5) is 19.4. The lowest BCUT2D eigenvalue weighted by molar-refractivity contribution is 0.0195. The van der Waals surface area contributed by atoms with Gasteiger partial charge in [-0.25, -0.2) is 0 Å². The molecule has 7 nitrogen and oxygen atoms in total. The number of rotatable bonds is 6. The number of amides is 1. The van der Waals surface area contributed by atoms with Gasteiger partial charge in [-0.15, -0.1) is 0 Å². The molecule has 0 radical (unpaired) electrons. The van der Waals surface area contributed by atoms with Gasteiger partial charge in [0.1, 0.15) is 0 Å². The van der Waals surface area contributed by atoms with Gasteiger partial charge in [0.2, 0.25) is 0 Å². The largest absolute Gasteiger partial charge is 0.391 e. The minimum absolute atomic E-state index is 0.127. The highest BCUT2D eigenvalue weighted by Gasteiger charge is 2.29. The fraction of sp³-hybridized carbons (Fsp3) is 0.650. The van der Waals surface area contributed by atoms with Gasteiger partial charge in [-0.05, 0) is 24.6 Å². The van der Waals surface area contributed by atoms with E-state index in [0.717, 1.165) is 51.6 Å². The molecule has 0 unspecified atom stereocenters.